The Morgan fingerprint density at radius 3 is 2.50 bits per heavy atom. The van der Waals surface area contributed by atoms with Crippen molar-refractivity contribution in [2.24, 2.45) is 0 Å². The molecule has 0 aliphatic rings. The molecule has 0 saturated carbocycles. The van der Waals surface area contributed by atoms with Crippen LogP contribution in [0.2, 0.25) is 0 Å². The zero-order chi connectivity index (χ0) is 13.9. The van der Waals surface area contributed by atoms with Crippen molar-refractivity contribution in [3.8, 4) is 0 Å². The number of rotatable bonds is 5. The first-order valence-corrected chi connectivity index (χ1v) is 6.98. The van der Waals surface area contributed by atoms with Crippen LogP contribution in [0.15, 0.2) is 0 Å². The second kappa shape index (κ2) is 6.04. The summed E-state index contributed by atoms with van der Waals surface area (Å²) in [5, 5.41) is 3.72. The molecule has 0 aliphatic carbocycles. The Morgan fingerprint density at radius 1 is 1.44 bits per heavy atom. The molecule has 1 aromatic rings. The monoisotopic (exact) mass is 270 g/mol. The van der Waals surface area contributed by atoms with Gasteiger partial charge in [-0.1, -0.05) is 0 Å². The van der Waals surface area contributed by atoms with Gasteiger partial charge in [-0.25, -0.2) is 0 Å². The lowest BCUT2D eigenvalue weighted by Crippen LogP contribution is -2.34. The minimum atomic E-state index is -0.148. The molecule has 102 valence electrons. The molecule has 0 radical (unpaired) electrons. The van der Waals surface area contributed by atoms with Gasteiger partial charge in [0, 0.05) is 18.6 Å². The highest BCUT2D eigenvalue weighted by Crippen LogP contribution is 2.31. The number of nitrogens with zero attached hydrogens (tertiary/aromatic N) is 2. The van der Waals surface area contributed by atoms with Gasteiger partial charge in [0.1, 0.15) is 10.6 Å². The zero-order valence-corrected chi connectivity index (χ0v) is 12.5. The molecule has 3 N–H and O–H groups in total. The number of aromatic nitrogens is 1. The van der Waals surface area contributed by atoms with Gasteiger partial charge < -0.3 is 16.0 Å². The van der Waals surface area contributed by atoms with Gasteiger partial charge in [-0.3, -0.25) is 4.79 Å². The van der Waals surface area contributed by atoms with Gasteiger partial charge in [0.25, 0.3) is 5.91 Å². The largest absolute Gasteiger partial charge is 0.382 e. The van der Waals surface area contributed by atoms with Crippen LogP contribution >= 0.6 is 11.5 Å². The van der Waals surface area contributed by atoms with E-state index in [1.54, 1.807) is 0 Å². The highest BCUT2D eigenvalue weighted by atomic mass is 32.1. The molecule has 0 bridgehead atoms. The SMILES string of the molecule is CCN(c1snc(N)c1C(=O)NC(C)C)C(C)C. The minimum absolute atomic E-state index is 0.0822. The van der Waals surface area contributed by atoms with Gasteiger partial charge in [-0.15, -0.1) is 0 Å². The van der Waals surface area contributed by atoms with Gasteiger partial charge >= 0.3 is 0 Å². The van der Waals surface area contributed by atoms with Crippen molar-refractivity contribution in [1.29, 1.82) is 0 Å². The number of anilines is 2. The average molecular weight is 270 g/mol. The molecular formula is C12H22N4OS. The molecule has 0 spiro atoms. The summed E-state index contributed by atoms with van der Waals surface area (Å²) in [6, 6.07) is 0.388. The minimum Gasteiger partial charge on any atom is -0.382 e. The van der Waals surface area contributed by atoms with E-state index in [9.17, 15) is 4.79 Å². The molecule has 0 saturated heterocycles. The second-order valence-electron chi connectivity index (χ2n) is 4.76. The van der Waals surface area contributed by atoms with Crippen LogP contribution in [0.5, 0.6) is 0 Å². The highest BCUT2D eigenvalue weighted by Gasteiger charge is 2.24. The molecule has 6 heteroatoms. The Morgan fingerprint density at radius 2 is 2.06 bits per heavy atom. The van der Waals surface area contributed by atoms with Crippen LogP contribution in [-0.4, -0.2) is 28.9 Å². The van der Waals surface area contributed by atoms with E-state index in [0.29, 0.717) is 17.4 Å². The summed E-state index contributed by atoms with van der Waals surface area (Å²) in [7, 11) is 0. The molecule has 18 heavy (non-hydrogen) atoms. The van der Waals surface area contributed by atoms with Crippen molar-refractivity contribution in [1.82, 2.24) is 9.69 Å². The van der Waals surface area contributed by atoms with Crippen LogP contribution in [-0.2, 0) is 0 Å². The van der Waals surface area contributed by atoms with Gasteiger partial charge in [0.2, 0.25) is 0 Å². The molecule has 0 aliphatic heterocycles. The van der Waals surface area contributed by atoms with Crippen LogP contribution in [0, 0.1) is 0 Å². The Hall–Kier alpha value is -1.30. The number of nitrogens with two attached hydrogens (primary N) is 1. The van der Waals surface area contributed by atoms with Crippen molar-refractivity contribution < 1.29 is 4.79 Å². The third-order valence-electron chi connectivity index (χ3n) is 2.57. The number of hydrogen-bond acceptors (Lipinski definition) is 5. The van der Waals surface area contributed by atoms with Crippen LogP contribution in [0.25, 0.3) is 0 Å². The lowest BCUT2D eigenvalue weighted by molar-refractivity contribution is 0.0944. The quantitative estimate of drug-likeness (QED) is 0.859. The Balaban J connectivity index is 3.11. The summed E-state index contributed by atoms with van der Waals surface area (Å²) in [5.41, 5.74) is 6.33. The number of carbonyl (C=O) groups is 1. The molecule has 1 heterocycles. The van der Waals surface area contributed by atoms with Crippen LogP contribution in [0.3, 0.4) is 0 Å². The lowest BCUT2D eigenvalue weighted by Gasteiger charge is -2.26. The standard InChI is InChI=1S/C12H22N4OS/c1-6-16(8(4)5)12-9(10(13)15-18-12)11(17)14-7(2)3/h7-8H,6H2,1-5H3,(H2,13,15)(H,14,17). The first kappa shape index (κ1) is 14.8. The summed E-state index contributed by atoms with van der Waals surface area (Å²) in [6.45, 7) is 10.9. The molecule has 0 fully saturated rings. The van der Waals surface area contributed by atoms with Gasteiger partial charge in [-0.2, -0.15) is 4.37 Å². The fraction of sp³-hybridized carbons (Fsp3) is 0.667. The van der Waals surface area contributed by atoms with Crippen molar-refractivity contribution in [3.05, 3.63) is 5.56 Å². The molecule has 5 nitrogen and oxygen atoms in total. The predicted octanol–water partition coefficient (Wildman–Crippen LogP) is 2.10. The van der Waals surface area contributed by atoms with Crippen LogP contribution in [0.4, 0.5) is 10.8 Å². The number of hydrogen-bond donors (Lipinski definition) is 2. The molecule has 1 amide bonds. The number of carbonyl (C=O) groups excluding carboxylic acids is 1. The summed E-state index contributed by atoms with van der Waals surface area (Å²) < 4.78 is 4.11. The lowest BCUT2D eigenvalue weighted by atomic mass is 10.2. The van der Waals surface area contributed by atoms with E-state index in [-0.39, 0.29) is 11.9 Å². The van der Waals surface area contributed by atoms with Crippen LogP contribution in [0.1, 0.15) is 45.0 Å². The van der Waals surface area contributed by atoms with Crippen molar-refractivity contribution in [3.63, 3.8) is 0 Å². The predicted molar refractivity (Wildman–Crippen MR) is 77.3 cm³/mol. The summed E-state index contributed by atoms with van der Waals surface area (Å²) in [4.78, 5) is 14.3. The number of nitrogen functional groups attached to an aromatic ring is 1. The van der Waals surface area contributed by atoms with E-state index < -0.39 is 0 Å². The Kier molecular flexibility index (Phi) is 4.95. The molecule has 0 unspecified atom stereocenters. The fourth-order valence-corrected chi connectivity index (χ4v) is 2.79. The third-order valence-corrected chi connectivity index (χ3v) is 3.47. The molecular weight excluding hydrogens is 248 g/mol. The Bertz CT molecular complexity index is 414. The second-order valence-corrected chi connectivity index (χ2v) is 5.51. The van der Waals surface area contributed by atoms with E-state index in [0.717, 1.165) is 11.5 Å². The summed E-state index contributed by atoms with van der Waals surface area (Å²) >= 11 is 1.28. The summed E-state index contributed by atoms with van der Waals surface area (Å²) in [5.74, 6) is 0.164. The highest BCUT2D eigenvalue weighted by molar-refractivity contribution is 7.11. The molecule has 1 aromatic heterocycles. The first-order valence-electron chi connectivity index (χ1n) is 6.21. The smallest absolute Gasteiger partial charge is 0.258 e. The summed E-state index contributed by atoms with van der Waals surface area (Å²) in [6.07, 6.45) is 0. The zero-order valence-electron chi connectivity index (χ0n) is 11.7. The fourth-order valence-electron chi connectivity index (χ4n) is 1.78. The average Bonchev–Trinajstić information content (AvgIpc) is 2.60. The van der Waals surface area contributed by atoms with E-state index in [1.807, 2.05) is 13.8 Å². The van der Waals surface area contributed by atoms with Crippen LogP contribution < -0.4 is 16.0 Å². The van der Waals surface area contributed by atoms with Gasteiger partial charge in [-0.05, 0) is 46.2 Å². The Labute approximate surface area is 113 Å². The van der Waals surface area contributed by atoms with E-state index >= 15 is 0 Å². The van der Waals surface area contributed by atoms with Crippen molar-refractivity contribution in [2.45, 2.75) is 46.7 Å². The maximum atomic E-state index is 12.1. The number of amides is 1. The first-order chi connectivity index (χ1) is 8.38. The van der Waals surface area contributed by atoms with Gasteiger partial charge in [0.15, 0.2) is 5.82 Å². The molecule has 1 rings (SSSR count). The van der Waals surface area contributed by atoms with Crippen molar-refractivity contribution in [2.75, 3.05) is 17.2 Å². The maximum Gasteiger partial charge on any atom is 0.258 e. The number of nitrogens with one attached hydrogen (secondary N) is 1. The van der Waals surface area contributed by atoms with E-state index in [2.05, 4.69) is 35.4 Å². The third kappa shape index (κ3) is 3.13. The topological polar surface area (TPSA) is 71.2 Å². The van der Waals surface area contributed by atoms with Crippen molar-refractivity contribution >= 4 is 28.3 Å². The normalized spacial score (nSPS) is 11.1. The van der Waals surface area contributed by atoms with E-state index in [4.69, 9.17) is 5.73 Å². The maximum absolute atomic E-state index is 12.1. The van der Waals surface area contributed by atoms with Gasteiger partial charge in [0.05, 0.1) is 0 Å². The van der Waals surface area contributed by atoms with E-state index in [1.165, 1.54) is 11.5 Å². The molecule has 0 atom stereocenters. The molecule has 0 aromatic carbocycles.